The van der Waals surface area contributed by atoms with E-state index in [0.717, 1.165) is 11.4 Å². The third kappa shape index (κ3) is 4.91. The first-order chi connectivity index (χ1) is 10.0. The Hall–Kier alpha value is -1.79. The lowest BCUT2D eigenvalue weighted by Crippen LogP contribution is -2.34. The molecule has 5 nitrogen and oxygen atoms in total. The molecule has 0 spiro atoms. The fourth-order valence-electron chi connectivity index (χ4n) is 1.53. The minimum atomic E-state index is -0.205. The van der Waals surface area contributed by atoms with Crippen molar-refractivity contribution in [1.82, 2.24) is 9.88 Å². The second kappa shape index (κ2) is 7.28. The van der Waals surface area contributed by atoms with Crippen LogP contribution in [0.2, 0.25) is 5.02 Å². The summed E-state index contributed by atoms with van der Waals surface area (Å²) in [5.41, 5.74) is 0.893. The van der Waals surface area contributed by atoms with Gasteiger partial charge in [0.15, 0.2) is 5.13 Å². The summed E-state index contributed by atoms with van der Waals surface area (Å²) in [4.78, 5) is 17.7. The van der Waals surface area contributed by atoms with E-state index in [1.165, 1.54) is 11.3 Å². The highest BCUT2D eigenvalue weighted by molar-refractivity contribution is 7.13. The molecule has 0 fully saturated rings. The van der Waals surface area contributed by atoms with Crippen LogP contribution in [0.4, 0.5) is 9.93 Å². The number of nitrogens with zero attached hydrogens (tertiary/aromatic N) is 2. The first-order valence-corrected chi connectivity index (χ1v) is 7.63. The quantitative estimate of drug-likeness (QED) is 0.913. The fraction of sp³-hybridized carbons (Fsp3) is 0.286. The number of benzene rings is 1. The summed E-state index contributed by atoms with van der Waals surface area (Å²) in [6, 6.07) is 6.90. The Morgan fingerprint density at radius 3 is 2.76 bits per heavy atom. The molecule has 1 aromatic heterocycles. The molecule has 112 valence electrons. The lowest BCUT2D eigenvalue weighted by Gasteiger charge is -2.17. The molecule has 0 aliphatic rings. The summed E-state index contributed by atoms with van der Waals surface area (Å²) < 4.78 is 5.54. The van der Waals surface area contributed by atoms with Gasteiger partial charge in [-0.15, -0.1) is 11.3 Å². The highest BCUT2D eigenvalue weighted by Crippen LogP contribution is 2.16. The third-order valence-corrected chi connectivity index (χ3v) is 3.82. The zero-order chi connectivity index (χ0) is 15.2. The zero-order valence-corrected chi connectivity index (χ0v) is 13.4. The Morgan fingerprint density at radius 1 is 1.43 bits per heavy atom. The van der Waals surface area contributed by atoms with Crippen molar-refractivity contribution in [1.29, 1.82) is 0 Å². The van der Waals surface area contributed by atoms with Crippen LogP contribution in [-0.4, -0.2) is 36.1 Å². The van der Waals surface area contributed by atoms with Gasteiger partial charge < -0.3 is 9.64 Å². The lowest BCUT2D eigenvalue weighted by molar-refractivity contribution is 0.207. The molecule has 1 aromatic carbocycles. The average Bonchev–Trinajstić information content (AvgIpc) is 2.86. The number of anilines is 1. The van der Waals surface area contributed by atoms with Gasteiger partial charge in [0.1, 0.15) is 12.4 Å². The number of ether oxygens (including phenoxy) is 1. The number of rotatable bonds is 5. The molecule has 2 amide bonds. The molecule has 7 heteroatoms. The number of halogens is 1. The predicted molar refractivity (Wildman–Crippen MR) is 85.4 cm³/mol. The molecule has 0 unspecified atom stereocenters. The maximum Gasteiger partial charge on any atom is 0.323 e. The number of thiazole rings is 1. The molecular formula is C14H16ClN3O2S. The van der Waals surface area contributed by atoms with Crippen molar-refractivity contribution in [3.05, 3.63) is 40.4 Å². The number of aryl methyl sites for hydroxylation is 1. The Balaban J connectivity index is 1.74. The van der Waals surface area contributed by atoms with Crippen molar-refractivity contribution in [3.63, 3.8) is 0 Å². The summed E-state index contributed by atoms with van der Waals surface area (Å²) in [6.45, 7) is 2.76. The van der Waals surface area contributed by atoms with E-state index in [2.05, 4.69) is 10.3 Å². The van der Waals surface area contributed by atoms with Gasteiger partial charge in [-0.2, -0.15) is 0 Å². The predicted octanol–water partition coefficient (Wildman–Crippen LogP) is 3.65. The minimum absolute atomic E-state index is 0.205. The standard InChI is InChI=1S/C14H16ClN3O2S/c1-10-9-21-13(16-10)17-14(19)18(2)7-8-20-12-5-3-11(15)4-6-12/h3-6,9H,7-8H2,1-2H3,(H,16,17,19). The number of carbonyl (C=O) groups excluding carboxylic acids is 1. The van der Waals surface area contributed by atoms with Gasteiger partial charge in [0.2, 0.25) is 0 Å². The van der Waals surface area contributed by atoms with Crippen LogP contribution in [0, 0.1) is 6.92 Å². The SMILES string of the molecule is Cc1csc(NC(=O)N(C)CCOc2ccc(Cl)cc2)n1. The second-order valence-corrected chi connectivity index (χ2v) is 5.74. The summed E-state index contributed by atoms with van der Waals surface area (Å²) in [5, 5.41) is 5.89. The van der Waals surface area contributed by atoms with Crippen LogP contribution < -0.4 is 10.1 Å². The topological polar surface area (TPSA) is 54.5 Å². The van der Waals surface area contributed by atoms with E-state index < -0.39 is 0 Å². The second-order valence-electron chi connectivity index (χ2n) is 4.45. The van der Waals surface area contributed by atoms with Crippen LogP contribution >= 0.6 is 22.9 Å². The molecule has 0 saturated heterocycles. The Kier molecular flexibility index (Phi) is 5.41. The molecule has 0 aliphatic heterocycles. The molecule has 0 saturated carbocycles. The van der Waals surface area contributed by atoms with Crippen molar-refractivity contribution >= 4 is 34.1 Å². The van der Waals surface area contributed by atoms with Gasteiger partial charge in [0.25, 0.3) is 0 Å². The highest BCUT2D eigenvalue weighted by Gasteiger charge is 2.10. The van der Waals surface area contributed by atoms with Crippen molar-refractivity contribution < 1.29 is 9.53 Å². The molecule has 0 bridgehead atoms. The number of hydrogen-bond acceptors (Lipinski definition) is 4. The molecule has 0 atom stereocenters. The smallest absolute Gasteiger partial charge is 0.323 e. The fourth-order valence-corrected chi connectivity index (χ4v) is 2.33. The zero-order valence-electron chi connectivity index (χ0n) is 11.8. The molecular weight excluding hydrogens is 310 g/mol. The maximum absolute atomic E-state index is 11.9. The number of amides is 2. The largest absolute Gasteiger partial charge is 0.492 e. The summed E-state index contributed by atoms with van der Waals surface area (Å²) >= 11 is 7.20. The molecule has 21 heavy (non-hydrogen) atoms. The molecule has 0 radical (unpaired) electrons. The number of aromatic nitrogens is 1. The van der Waals surface area contributed by atoms with Gasteiger partial charge in [-0.05, 0) is 31.2 Å². The van der Waals surface area contributed by atoms with Crippen molar-refractivity contribution in [2.24, 2.45) is 0 Å². The van der Waals surface area contributed by atoms with Gasteiger partial charge in [0.05, 0.1) is 12.2 Å². The number of carbonyl (C=O) groups is 1. The van der Waals surface area contributed by atoms with Crippen LogP contribution in [0.25, 0.3) is 0 Å². The first-order valence-electron chi connectivity index (χ1n) is 6.37. The van der Waals surface area contributed by atoms with Crippen LogP contribution in [-0.2, 0) is 0 Å². The Labute approximate surface area is 132 Å². The van der Waals surface area contributed by atoms with E-state index in [9.17, 15) is 4.79 Å². The number of likely N-dealkylation sites (N-methyl/N-ethyl adjacent to an activating group) is 1. The van der Waals surface area contributed by atoms with Gasteiger partial charge in [0, 0.05) is 17.5 Å². The molecule has 2 aromatic rings. The summed E-state index contributed by atoms with van der Waals surface area (Å²) in [7, 11) is 1.71. The molecule has 2 rings (SSSR count). The summed E-state index contributed by atoms with van der Waals surface area (Å²) in [5.74, 6) is 0.726. The van der Waals surface area contributed by atoms with E-state index in [1.807, 2.05) is 12.3 Å². The van der Waals surface area contributed by atoms with Gasteiger partial charge in [-0.3, -0.25) is 5.32 Å². The lowest BCUT2D eigenvalue weighted by atomic mass is 10.3. The third-order valence-electron chi connectivity index (χ3n) is 2.69. The monoisotopic (exact) mass is 325 g/mol. The molecule has 1 N–H and O–H groups in total. The van der Waals surface area contributed by atoms with E-state index in [0.29, 0.717) is 23.3 Å². The van der Waals surface area contributed by atoms with Gasteiger partial charge in [-0.25, -0.2) is 9.78 Å². The van der Waals surface area contributed by atoms with Crippen molar-refractivity contribution in [3.8, 4) is 5.75 Å². The number of hydrogen-bond donors (Lipinski definition) is 1. The van der Waals surface area contributed by atoms with E-state index in [-0.39, 0.29) is 6.03 Å². The first kappa shape index (κ1) is 15.6. The maximum atomic E-state index is 11.9. The van der Waals surface area contributed by atoms with E-state index in [4.69, 9.17) is 16.3 Å². The van der Waals surface area contributed by atoms with E-state index in [1.54, 1.807) is 36.2 Å². The van der Waals surface area contributed by atoms with Crippen molar-refractivity contribution in [2.45, 2.75) is 6.92 Å². The molecule has 1 heterocycles. The van der Waals surface area contributed by atoms with Crippen LogP contribution in [0.15, 0.2) is 29.6 Å². The summed E-state index contributed by atoms with van der Waals surface area (Å²) in [6.07, 6.45) is 0. The van der Waals surface area contributed by atoms with Crippen LogP contribution in [0.3, 0.4) is 0 Å². The molecule has 0 aliphatic carbocycles. The Morgan fingerprint density at radius 2 is 2.14 bits per heavy atom. The van der Waals surface area contributed by atoms with Gasteiger partial charge in [-0.1, -0.05) is 11.6 Å². The van der Waals surface area contributed by atoms with Gasteiger partial charge >= 0.3 is 6.03 Å². The van der Waals surface area contributed by atoms with Crippen LogP contribution in [0.5, 0.6) is 5.75 Å². The highest BCUT2D eigenvalue weighted by atomic mass is 35.5. The number of nitrogens with one attached hydrogen (secondary N) is 1. The normalized spacial score (nSPS) is 10.2. The minimum Gasteiger partial charge on any atom is -0.492 e. The van der Waals surface area contributed by atoms with Crippen molar-refractivity contribution in [2.75, 3.05) is 25.5 Å². The van der Waals surface area contributed by atoms with E-state index >= 15 is 0 Å². The average molecular weight is 326 g/mol. The number of urea groups is 1. The van der Waals surface area contributed by atoms with Crippen LogP contribution in [0.1, 0.15) is 5.69 Å². The Bertz CT molecular complexity index is 601.